The first-order chi connectivity index (χ1) is 7.35. The predicted octanol–water partition coefficient (Wildman–Crippen LogP) is -2.02. The standard InChI is InChI=1S/C8H13NO6S/c10-3-6(8(12)13)9-7(11)5-1-2-16(14,15)4-5/h5-6,10H,1-4H2,(H,9,11)(H,12,13). The minimum atomic E-state index is -3.17. The van der Waals surface area contributed by atoms with Crippen LogP contribution in [0.25, 0.3) is 0 Å². The number of aliphatic hydroxyl groups excluding tert-OH is 1. The molecule has 0 radical (unpaired) electrons. The van der Waals surface area contributed by atoms with Crippen molar-refractivity contribution >= 4 is 21.7 Å². The molecule has 2 unspecified atom stereocenters. The number of amides is 1. The SMILES string of the molecule is O=C(NC(CO)C(=O)O)C1CCS(=O)(=O)C1. The van der Waals surface area contributed by atoms with E-state index in [9.17, 15) is 18.0 Å². The molecule has 1 heterocycles. The fraction of sp³-hybridized carbons (Fsp3) is 0.750. The number of hydrogen-bond donors (Lipinski definition) is 3. The Balaban J connectivity index is 2.57. The van der Waals surface area contributed by atoms with Crippen molar-refractivity contribution in [3.8, 4) is 0 Å². The smallest absolute Gasteiger partial charge is 0.328 e. The highest BCUT2D eigenvalue weighted by Crippen LogP contribution is 2.18. The van der Waals surface area contributed by atoms with E-state index in [4.69, 9.17) is 10.2 Å². The number of hydrogen-bond acceptors (Lipinski definition) is 5. The summed E-state index contributed by atoms with van der Waals surface area (Å²) in [5.41, 5.74) is 0. The van der Waals surface area contributed by atoms with Gasteiger partial charge in [-0.2, -0.15) is 0 Å². The number of aliphatic hydroxyl groups is 1. The maximum absolute atomic E-state index is 11.5. The molecule has 0 aromatic heterocycles. The van der Waals surface area contributed by atoms with Crippen LogP contribution in [0, 0.1) is 5.92 Å². The molecule has 2 atom stereocenters. The highest BCUT2D eigenvalue weighted by molar-refractivity contribution is 7.91. The number of nitrogens with one attached hydrogen (secondary N) is 1. The van der Waals surface area contributed by atoms with Crippen LogP contribution in [0.4, 0.5) is 0 Å². The quantitative estimate of drug-likeness (QED) is 0.530. The molecule has 0 bridgehead atoms. The van der Waals surface area contributed by atoms with Crippen LogP contribution in [-0.4, -0.2) is 54.7 Å². The van der Waals surface area contributed by atoms with Gasteiger partial charge >= 0.3 is 5.97 Å². The molecule has 1 aliphatic heterocycles. The van der Waals surface area contributed by atoms with Crippen LogP contribution in [0.2, 0.25) is 0 Å². The van der Waals surface area contributed by atoms with Crippen molar-refractivity contribution in [1.82, 2.24) is 5.32 Å². The Morgan fingerprint density at radius 2 is 2.06 bits per heavy atom. The van der Waals surface area contributed by atoms with Gasteiger partial charge in [0.15, 0.2) is 9.84 Å². The van der Waals surface area contributed by atoms with Crippen LogP contribution < -0.4 is 5.32 Å². The molecule has 1 rings (SSSR count). The number of carboxylic acids is 1. The first-order valence-electron chi connectivity index (χ1n) is 4.70. The first-order valence-corrected chi connectivity index (χ1v) is 6.52. The van der Waals surface area contributed by atoms with Gasteiger partial charge in [-0.05, 0) is 6.42 Å². The van der Waals surface area contributed by atoms with Crippen molar-refractivity contribution in [3.05, 3.63) is 0 Å². The third-order valence-corrected chi connectivity index (χ3v) is 4.17. The van der Waals surface area contributed by atoms with E-state index >= 15 is 0 Å². The van der Waals surface area contributed by atoms with E-state index in [1.54, 1.807) is 0 Å². The highest BCUT2D eigenvalue weighted by atomic mass is 32.2. The lowest BCUT2D eigenvalue weighted by molar-refractivity contribution is -0.143. The Morgan fingerprint density at radius 3 is 2.44 bits per heavy atom. The van der Waals surface area contributed by atoms with Crippen molar-refractivity contribution in [3.63, 3.8) is 0 Å². The van der Waals surface area contributed by atoms with E-state index in [2.05, 4.69) is 5.32 Å². The average molecular weight is 251 g/mol. The minimum Gasteiger partial charge on any atom is -0.480 e. The van der Waals surface area contributed by atoms with Gasteiger partial charge in [0.1, 0.15) is 6.04 Å². The second kappa shape index (κ2) is 4.79. The van der Waals surface area contributed by atoms with Gasteiger partial charge in [0.2, 0.25) is 5.91 Å². The fourth-order valence-corrected chi connectivity index (χ4v) is 3.22. The van der Waals surface area contributed by atoms with Crippen LogP contribution >= 0.6 is 0 Å². The zero-order valence-electron chi connectivity index (χ0n) is 8.42. The molecule has 1 fully saturated rings. The van der Waals surface area contributed by atoms with Crippen molar-refractivity contribution in [2.45, 2.75) is 12.5 Å². The Hall–Kier alpha value is -1.15. The molecule has 92 valence electrons. The lowest BCUT2D eigenvalue weighted by Gasteiger charge is -2.14. The molecule has 16 heavy (non-hydrogen) atoms. The average Bonchev–Trinajstić information content (AvgIpc) is 2.54. The second-order valence-corrected chi connectivity index (χ2v) is 5.91. The molecule has 0 aromatic carbocycles. The Morgan fingerprint density at radius 1 is 1.44 bits per heavy atom. The summed E-state index contributed by atoms with van der Waals surface area (Å²) in [7, 11) is -3.17. The summed E-state index contributed by atoms with van der Waals surface area (Å²) in [6.07, 6.45) is 0.200. The third-order valence-electron chi connectivity index (χ3n) is 2.40. The summed E-state index contributed by atoms with van der Waals surface area (Å²) in [6.45, 7) is -0.722. The van der Waals surface area contributed by atoms with E-state index < -0.39 is 40.3 Å². The van der Waals surface area contributed by atoms with Gasteiger partial charge in [-0.25, -0.2) is 13.2 Å². The molecule has 0 aliphatic carbocycles. The summed E-state index contributed by atoms with van der Waals surface area (Å²) < 4.78 is 22.2. The molecule has 0 spiro atoms. The lowest BCUT2D eigenvalue weighted by Crippen LogP contribution is -2.46. The molecule has 8 heteroatoms. The number of rotatable bonds is 4. The third kappa shape index (κ3) is 3.17. The minimum absolute atomic E-state index is 0.0536. The van der Waals surface area contributed by atoms with Gasteiger partial charge in [-0.1, -0.05) is 0 Å². The zero-order valence-corrected chi connectivity index (χ0v) is 9.24. The van der Waals surface area contributed by atoms with Gasteiger partial charge in [-0.3, -0.25) is 4.79 Å². The lowest BCUT2D eigenvalue weighted by atomic mass is 10.1. The molecular formula is C8H13NO6S. The number of carboxylic acid groups (broad SMARTS) is 1. The monoisotopic (exact) mass is 251 g/mol. The van der Waals surface area contributed by atoms with Crippen LogP contribution in [0.5, 0.6) is 0 Å². The zero-order chi connectivity index (χ0) is 12.3. The molecule has 3 N–H and O–H groups in total. The molecule has 1 aliphatic rings. The summed E-state index contributed by atoms with van der Waals surface area (Å²) in [4.78, 5) is 22.0. The van der Waals surface area contributed by atoms with Crippen molar-refractivity contribution in [2.24, 2.45) is 5.92 Å². The number of aliphatic carboxylic acids is 1. The topological polar surface area (TPSA) is 121 Å². The molecule has 1 saturated heterocycles. The van der Waals surface area contributed by atoms with Gasteiger partial charge in [0, 0.05) is 0 Å². The van der Waals surface area contributed by atoms with Crippen LogP contribution in [0.3, 0.4) is 0 Å². The second-order valence-electron chi connectivity index (χ2n) is 3.68. The normalized spacial score (nSPS) is 24.9. The highest BCUT2D eigenvalue weighted by Gasteiger charge is 2.34. The summed E-state index contributed by atoms with van der Waals surface area (Å²) in [5, 5.41) is 19.3. The number of carbonyl (C=O) groups is 2. The van der Waals surface area contributed by atoms with E-state index in [1.807, 2.05) is 0 Å². The van der Waals surface area contributed by atoms with Gasteiger partial charge in [-0.15, -0.1) is 0 Å². The predicted molar refractivity (Wildman–Crippen MR) is 53.4 cm³/mol. The molecule has 0 aromatic rings. The van der Waals surface area contributed by atoms with Crippen LogP contribution in [0.15, 0.2) is 0 Å². The van der Waals surface area contributed by atoms with Gasteiger partial charge in [0.05, 0.1) is 24.0 Å². The largest absolute Gasteiger partial charge is 0.480 e. The van der Waals surface area contributed by atoms with Crippen LogP contribution in [0.1, 0.15) is 6.42 Å². The summed E-state index contributed by atoms with van der Waals surface area (Å²) >= 11 is 0. The number of sulfone groups is 1. The van der Waals surface area contributed by atoms with Crippen LogP contribution in [-0.2, 0) is 19.4 Å². The van der Waals surface area contributed by atoms with E-state index in [0.29, 0.717) is 0 Å². The summed E-state index contributed by atoms with van der Waals surface area (Å²) in [5.74, 6) is -3.00. The van der Waals surface area contributed by atoms with E-state index in [1.165, 1.54) is 0 Å². The Bertz CT molecular complexity index is 389. The fourth-order valence-electron chi connectivity index (χ4n) is 1.48. The molecular weight excluding hydrogens is 238 g/mol. The van der Waals surface area contributed by atoms with Crippen molar-refractivity contribution < 1.29 is 28.2 Å². The maximum atomic E-state index is 11.5. The van der Waals surface area contributed by atoms with Gasteiger partial charge < -0.3 is 15.5 Å². The van der Waals surface area contributed by atoms with Gasteiger partial charge in [0.25, 0.3) is 0 Å². The Labute approximate surface area is 92.4 Å². The van der Waals surface area contributed by atoms with Crippen molar-refractivity contribution in [2.75, 3.05) is 18.1 Å². The van der Waals surface area contributed by atoms with E-state index in [-0.39, 0.29) is 17.9 Å². The number of carbonyl (C=O) groups excluding carboxylic acids is 1. The summed E-state index contributed by atoms with van der Waals surface area (Å²) in [6, 6.07) is -1.38. The van der Waals surface area contributed by atoms with E-state index in [0.717, 1.165) is 0 Å². The molecule has 0 saturated carbocycles. The first kappa shape index (κ1) is 12.9. The van der Waals surface area contributed by atoms with Crippen molar-refractivity contribution in [1.29, 1.82) is 0 Å². The molecule has 7 nitrogen and oxygen atoms in total. The Kier molecular flexibility index (Phi) is 3.87. The maximum Gasteiger partial charge on any atom is 0.328 e. The molecule has 1 amide bonds.